The second-order valence-corrected chi connectivity index (χ2v) is 3.02. The minimum absolute atomic E-state index is 0. The molecule has 0 radical (unpaired) electrons. The molecule has 1 aromatic carbocycles. The van der Waals surface area contributed by atoms with E-state index >= 15 is 0 Å². The van der Waals surface area contributed by atoms with Crippen LogP contribution in [0.3, 0.4) is 0 Å². The SMILES string of the molecule is Cc1[c-]c(C)ccc1.[C-]1=CC=CC1.[Cl-].[Cl-].[Ti+4]. The molecule has 1 aromatic rings. The molecule has 0 saturated heterocycles. The van der Waals surface area contributed by atoms with Gasteiger partial charge in [0.25, 0.3) is 0 Å². The van der Waals surface area contributed by atoms with Crippen LogP contribution in [-0.4, -0.2) is 0 Å². The van der Waals surface area contributed by atoms with Crippen LogP contribution >= 0.6 is 0 Å². The Bertz CT molecular complexity index is 292. The van der Waals surface area contributed by atoms with Crippen LogP contribution < -0.4 is 24.8 Å². The maximum Gasteiger partial charge on any atom is 4.00 e. The zero-order chi connectivity index (χ0) is 9.52. The van der Waals surface area contributed by atoms with Gasteiger partial charge in [-0.2, -0.15) is 41.5 Å². The summed E-state index contributed by atoms with van der Waals surface area (Å²) in [4.78, 5) is 0. The Hall–Kier alpha value is -0.00571. The Morgan fingerprint density at radius 3 is 1.81 bits per heavy atom. The first-order valence-electron chi connectivity index (χ1n) is 4.46. The van der Waals surface area contributed by atoms with Crippen molar-refractivity contribution in [3.8, 4) is 0 Å². The fourth-order valence-electron chi connectivity index (χ4n) is 1.07. The zero-order valence-corrected chi connectivity index (χ0v) is 12.5. The van der Waals surface area contributed by atoms with E-state index < -0.39 is 0 Å². The molecule has 0 spiro atoms. The van der Waals surface area contributed by atoms with Gasteiger partial charge >= 0.3 is 21.7 Å². The fourth-order valence-corrected chi connectivity index (χ4v) is 1.07. The van der Waals surface area contributed by atoms with E-state index in [2.05, 4.69) is 18.2 Å². The van der Waals surface area contributed by atoms with Crippen molar-refractivity contribution in [2.75, 3.05) is 0 Å². The van der Waals surface area contributed by atoms with E-state index in [-0.39, 0.29) is 46.5 Å². The van der Waals surface area contributed by atoms with E-state index in [4.69, 9.17) is 0 Å². The summed E-state index contributed by atoms with van der Waals surface area (Å²) < 4.78 is 0. The summed E-state index contributed by atoms with van der Waals surface area (Å²) in [5, 5.41) is 0. The number of aryl methyl sites for hydroxylation is 2. The molecule has 1 aliphatic carbocycles. The molecule has 84 valence electrons. The minimum Gasteiger partial charge on any atom is -1.00 e. The van der Waals surface area contributed by atoms with Gasteiger partial charge in [0, 0.05) is 0 Å². The Kier molecular flexibility index (Phi) is 17.4. The Labute approximate surface area is 126 Å². The number of hydrogen-bond acceptors (Lipinski definition) is 0. The van der Waals surface area contributed by atoms with Crippen molar-refractivity contribution < 1.29 is 46.5 Å². The Balaban J connectivity index is -0.000000189. The van der Waals surface area contributed by atoms with Crippen LogP contribution in [0.4, 0.5) is 0 Å². The number of hydrogen-bond donors (Lipinski definition) is 0. The minimum atomic E-state index is 0. The van der Waals surface area contributed by atoms with E-state index in [0.717, 1.165) is 6.42 Å². The van der Waals surface area contributed by atoms with Crippen molar-refractivity contribution in [2.24, 2.45) is 0 Å². The van der Waals surface area contributed by atoms with E-state index in [1.165, 1.54) is 11.1 Å². The van der Waals surface area contributed by atoms with Gasteiger partial charge in [-0.1, -0.05) is 13.8 Å². The van der Waals surface area contributed by atoms with Gasteiger partial charge in [0.15, 0.2) is 0 Å². The molecule has 0 nitrogen and oxygen atoms in total. The van der Waals surface area contributed by atoms with Crippen molar-refractivity contribution in [1.29, 1.82) is 0 Å². The number of allylic oxidation sites excluding steroid dienone is 4. The van der Waals surface area contributed by atoms with E-state index in [9.17, 15) is 0 Å². The second-order valence-electron chi connectivity index (χ2n) is 3.02. The average molecular weight is 289 g/mol. The van der Waals surface area contributed by atoms with Gasteiger partial charge in [0.1, 0.15) is 0 Å². The van der Waals surface area contributed by atoms with Crippen LogP contribution in [0.1, 0.15) is 17.5 Å². The van der Waals surface area contributed by atoms with Gasteiger partial charge in [0.05, 0.1) is 0 Å². The van der Waals surface area contributed by atoms with Crippen molar-refractivity contribution >= 4 is 0 Å². The molecule has 0 fully saturated rings. The molecule has 0 unspecified atom stereocenters. The number of benzene rings is 1. The largest absolute Gasteiger partial charge is 4.00 e. The summed E-state index contributed by atoms with van der Waals surface area (Å²) in [6.45, 7) is 4.10. The summed E-state index contributed by atoms with van der Waals surface area (Å²) in [6.07, 6.45) is 10.0. The summed E-state index contributed by atoms with van der Waals surface area (Å²) in [5.74, 6) is 0. The van der Waals surface area contributed by atoms with Crippen molar-refractivity contribution in [1.82, 2.24) is 0 Å². The van der Waals surface area contributed by atoms with Crippen molar-refractivity contribution in [2.45, 2.75) is 20.3 Å². The predicted molar refractivity (Wildman–Crippen MR) is 56.3 cm³/mol. The van der Waals surface area contributed by atoms with Crippen LogP contribution in [0.15, 0.2) is 36.4 Å². The van der Waals surface area contributed by atoms with Gasteiger partial charge in [-0.05, 0) is 0 Å². The zero-order valence-electron chi connectivity index (χ0n) is 9.43. The fraction of sp³-hybridized carbons (Fsp3) is 0.231. The Morgan fingerprint density at radius 1 is 1.06 bits per heavy atom. The molecule has 3 heteroatoms. The molecule has 0 N–H and O–H groups in total. The van der Waals surface area contributed by atoms with E-state index in [1.54, 1.807) is 0 Å². The van der Waals surface area contributed by atoms with Crippen molar-refractivity contribution in [3.63, 3.8) is 0 Å². The van der Waals surface area contributed by atoms with Gasteiger partial charge < -0.3 is 24.8 Å². The molecular weight excluding hydrogens is 275 g/mol. The van der Waals surface area contributed by atoms with Crippen LogP contribution in [0.5, 0.6) is 0 Å². The smallest absolute Gasteiger partial charge is 1.00 e. The summed E-state index contributed by atoms with van der Waals surface area (Å²) in [6, 6.07) is 9.31. The number of halogens is 2. The topological polar surface area (TPSA) is 0 Å². The first-order valence-corrected chi connectivity index (χ1v) is 4.46. The van der Waals surface area contributed by atoms with E-state index in [0.29, 0.717) is 0 Å². The summed E-state index contributed by atoms with van der Waals surface area (Å²) in [7, 11) is 0. The summed E-state index contributed by atoms with van der Waals surface area (Å²) in [5.41, 5.74) is 2.43. The molecule has 0 amide bonds. The predicted octanol–water partition coefficient (Wildman–Crippen LogP) is -2.59. The van der Waals surface area contributed by atoms with Crippen LogP contribution in [0.25, 0.3) is 0 Å². The molecule has 0 atom stereocenters. The molecule has 0 heterocycles. The molecule has 0 aromatic heterocycles. The number of rotatable bonds is 0. The van der Waals surface area contributed by atoms with Gasteiger partial charge in [-0.15, -0.1) is 6.42 Å². The summed E-state index contributed by atoms with van der Waals surface area (Å²) >= 11 is 0. The van der Waals surface area contributed by atoms with Crippen LogP contribution in [-0.2, 0) is 21.7 Å². The molecule has 16 heavy (non-hydrogen) atoms. The third-order valence-corrected chi connectivity index (χ3v) is 1.67. The van der Waals surface area contributed by atoms with Gasteiger partial charge in [-0.25, -0.2) is 12.2 Å². The Morgan fingerprint density at radius 2 is 1.62 bits per heavy atom. The maximum atomic E-state index is 3.17. The maximum absolute atomic E-state index is 3.17. The second kappa shape index (κ2) is 13.1. The van der Waals surface area contributed by atoms with Crippen LogP contribution in [0, 0.1) is 26.0 Å². The van der Waals surface area contributed by atoms with Gasteiger partial charge in [-0.3, -0.25) is 6.08 Å². The average Bonchev–Trinajstić information content (AvgIpc) is 2.59. The molecular formula is C13H14Cl2Ti. The monoisotopic (exact) mass is 288 g/mol. The van der Waals surface area contributed by atoms with E-state index in [1.807, 2.05) is 44.2 Å². The van der Waals surface area contributed by atoms with Crippen LogP contribution in [0.2, 0.25) is 0 Å². The standard InChI is InChI=1S/C8H9.C5H5.2ClH.Ti/c1-7-4-3-5-8(2)6-7;1-2-4-5-3-1;;;/h3-5H,1-2H3;1-3H,4H2;2*1H;/q2*-1;;;+4/p-2. The molecule has 0 saturated carbocycles. The molecule has 0 bridgehead atoms. The third-order valence-electron chi connectivity index (χ3n) is 1.67. The quantitative estimate of drug-likeness (QED) is 0.363. The molecule has 2 rings (SSSR count). The third kappa shape index (κ3) is 10.5. The van der Waals surface area contributed by atoms with Crippen molar-refractivity contribution in [3.05, 3.63) is 59.7 Å². The first-order chi connectivity index (χ1) is 6.29. The van der Waals surface area contributed by atoms with Gasteiger partial charge in [0.2, 0.25) is 0 Å². The molecule has 1 aliphatic rings. The normalized spacial score (nSPS) is 10.1. The first kappa shape index (κ1) is 21.3. The molecule has 0 aliphatic heterocycles.